The van der Waals surface area contributed by atoms with Crippen LogP contribution in [0.5, 0.6) is 0 Å². The fourth-order valence-electron chi connectivity index (χ4n) is 4.07. The largest absolute Gasteiger partial charge is 0.316 e. The van der Waals surface area contributed by atoms with E-state index in [1.165, 1.54) is 22.3 Å². The summed E-state index contributed by atoms with van der Waals surface area (Å²) in [5, 5.41) is 0. The summed E-state index contributed by atoms with van der Waals surface area (Å²) in [7, 11) is 0. The van der Waals surface area contributed by atoms with Gasteiger partial charge in [-0.25, -0.2) is 0 Å². The highest BCUT2D eigenvalue weighted by atomic mass is 16.2. The Hall–Kier alpha value is -2.87. The van der Waals surface area contributed by atoms with Crippen molar-refractivity contribution in [2.45, 2.75) is 12.1 Å². The molecule has 0 fully saturated rings. The van der Waals surface area contributed by atoms with E-state index in [2.05, 4.69) is 48.5 Å². The third kappa shape index (κ3) is 1.61. The zero-order valence-electron chi connectivity index (χ0n) is 12.5. The minimum absolute atomic E-state index is 0.0418. The van der Waals surface area contributed by atoms with E-state index in [4.69, 9.17) is 0 Å². The lowest BCUT2D eigenvalue weighted by Crippen LogP contribution is -2.28. The molecule has 1 amide bonds. The Labute approximate surface area is 135 Å². The summed E-state index contributed by atoms with van der Waals surface area (Å²) in [5.41, 5.74) is 5.81. The molecule has 3 aromatic carbocycles. The Balaban J connectivity index is 1.70. The predicted molar refractivity (Wildman–Crippen MR) is 89.2 cm³/mol. The number of rotatable bonds is 1. The van der Waals surface area contributed by atoms with Gasteiger partial charge in [0.25, 0.3) is 5.91 Å². The van der Waals surface area contributed by atoms with Crippen molar-refractivity contribution in [2.75, 3.05) is 0 Å². The molecule has 0 unspecified atom stereocenters. The van der Waals surface area contributed by atoms with E-state index in [1.54, 1.807) is 0 Å². The first kappa shape index (κ1) is 12.7. The van der Waals surface area contributed by atoms with Gasteiger partial charge in [-0.05, 0) is 34.4 Å². The Bertz CT molecular complexity index is 818. The summed E-state index contributed by atoms with van der Waals surface area (Å²) >= 11 is 0. The normalized spacial score (nSPS) is 20.3. The average Bonchev–Trinajstić information content (AvgIpc) is 3.14. The van der Waals surface area contributed by atoms with Crippen molar-refractivity contribution in [3.63, 3.8) is 0 Å². The number of fused-ring (bicyclic) bond motifs is 8. The zero-order valence-corrected chi connectivity index (χ0v) is 12.5. The van der Waals surface area contributed by atoms with Gasteiger partial charge in [0.1, 0.15) is 0 Å². The molecular formula is C21H15NO. The van der Waals surface area contributed by atoms with Crippen molar-refractivity contribution >= 4 is 5.91 Å². The smallest absolute Gasteiger partial charge is 0.255 e. The third-order valence-corrected chi connectivity index (χ3v) is 4.98. The van der Waals surface area contributed by atoms with E-state index in [1.807, 2.05) is 35.2 Å². The molecule has 2 aliphatic heterocycles. The molecule has 23 heavy (non-hydrogen) atoms. The van der Waals surface area contributed by atoms with Crippen LogP contribution in [-0.2, 0) is 0 Å². The van der Waals surface area contributed by atoms with Gasteiger partial charge in [0.15, 0.2) is 0 Å². The van der Waals surface area contributed by atoms with E-state index in [0.29, 0.717) is 0 Å². The first-order valence-electron chi connectivity index (χ1n) is 7.91. The van der Waals surface area contributed by atoms with Crippen LogP contribution in [0.3, 0.4) is 0 Å². The second kappa shape index (κ2) is 4.56. The molecule has 0 radical (unpaired) electrons. The molecule has 0 saturated carbocycles. The van der Waals surface area contributed by atoms with Gasteiger partial charge in [-0.1, -0.05) is 66.7 Å². The first-order chi connectivity index (χ1) is 11.4. The average molecular weight is 297 g/mol. The number of amides is 1. The minimum Gasteiger partial charge on any atom is -0.316 e. The maximum Gasteiger partial charge on any atom is 0.255 e. The molecule has 0 aliphatic carbocycles. The predicted octanol–water partition coefficient (Wildman–Crippen LogP) is 4.33. The number of nitrogens with zero attached hydrogens (tertiary/aromatic N) is 1. The van der Waals surface area contributed by atoms with Crippen LogP contribution in [0.1, 0.15) is 44.7 Å². The summed E-state index contributed by atoms with van der Waals surface area (Å²) in [4.78, 5) is 15.2. The fraction of sp³-hybridized carbons (Fsp3) is 0.0952. The lowest BCUT2D eigenvalue weighted by Gasteiger charge is -2.23. The highest BCUT2D eigenvalue weighted by Gasteiger charge is 2.49. The Morgan fingerprint density at radius 1 is 0.609 bits per heavy atom. The summed E-state index contributed by atoms with van der Waals surface area (Å²) in [5.74, 6) is 0.105. The number of carbonyl (C=O) groups is 1. The second-order valence-electron chi connectivity index (χ2n) is 6.14. The monoisotopic (exact) mass is 297 g/mol. The molecule has 0 spiro atoms. The number of hydrogen-bond donors (Lipinski definition) is 0. The highest BCUT2D eigenvalue weighted by molar-refractivity contribution is 5.96. The molecule has 0 N–H and O–H groups in total. The molecule has 2 heterocycles. The number of hydrogen-bond acceptors (Lipinski definition) is 1. The van der Waals surface area contributed by atoms with E-state index < -0.39 is 0 Å². The zero-order chi connectivity index (χ0) is 15.4. The molecule has 2 heteroatoms. The molecule has 2 bridgehead atoms. The standard InChI is InChI=1S/C21H15NO/c23-21(14-8-2-1-3-9-14)22-19-15-10-4-5-11-16(15)20(22)18-13-7-6-12-17(18)19/h1-13,19-20H. The van der Waals surface area contributed by atoms with Crippen LogP contribution in [0.4, 0.5) is 0 Å². The van der Waals surface area contributed by atoms with Crippen LogP contribution in [-0.4, -0.2) is 10.8 Å². The Kier molecular flexibility index (Phi) is 2.51. The van der Waals surface area contributed by atoms with E-state index in [9.17, 15) is 4.79 Å². The van der Waals surface area contributed by atoms with Gasteiger partial charge in [-0.2, -0.15) is 0 Å². The van der Waals surface area contributed by atoms with Crippen LogP contribution in [0, 0.1) is 0 Å². The lowest BCUT2D eigenvalue weighted by molar-refractivity contribution is 0.0711. The molecule has 0 saturated heterocycles. The molecule has 2 aliphatic rings. The summed E-state index contributed by atoms with van der Waals surface area (Å²) < 4.78 is 0. The van der Waals surface area contributed by atoms with Gasteiger partial charge in [0, 0.05) is 5.56 Å². The van der Waals surface area contributed by atoms with Gasteiger partial charge in [-0.3, -0.25) is 4.79 Å². The molecule has 5 rings (SSSR count). The van der Waals surface area contributed by atoms with Gasteiger partial charge < -0.3 is 4.90 Å². The molecule has 110 valence electrons. The van der Waals surface area contributed by atoms with Gasteiger partial charge in [0.2, 0.25) is 0 Å². The number of benzene rings is 3. The van der Waals surface area contributed by atoms with Crippen molar-refractivity contribution in [2.24, 2.45) is 0 Å². The van der Waals surface area contributed by atoms with Crippen molar-refractivity contribution in [3.05, 3.63) is 107 Å². The van der Waals surface area contributed by atoms with Crippen molar-refractivity contribution in [1.29, 1.82) is 0 Å². The maximum absolute atomic E-state index is 13.2. The third-order valence-electron chi connectivity index (χ3n) is 4.98. The quantitative estimate of drug-likeness (QED) is 0.654. The minimum atomic E-state index is 0.0418. The van der Waals surface area contributed by atoms with Crippen LogP contribution in [0.15, 0.2) is 78.9 Å². The molecule has 0 aromatic heterocycles. The van der Waals surface area contributed by atoms with Gasteiger partial charge in [0.05, 0.1) is 12.1 Å². The lowest BCUT2D eigenvalue weighted by atomic mass is 9.86. The van der Waals surface area contributed by atoms with Crippen LogP contribution in [0.2, 0.25) is 0 Å². The van der Waals surface area contributed by atoms with Crippen LogP contribution >= 0.6 is 0 Å². The molecular weight excluding hydrogens is 282 g/mol. The maximum atomic E-state index is 13.2. The van der Waals surface area contributed by atoms with Gasteiger partial charge >= 0.3 is 0 Å². The van der Waals surface area contributed by atoms with Crippen molar-refractivity contribution < 1.29 is 4.79 Å². The van der Waals surface area contributed by atoms with E-state index >= 15 is 0 Å². The Morgan fingerprint density at radius 2 is 1.00 bits per heavy atom. The topological polar surface area (TPSA) is 20.3 Å². The summed E-state index contributed by atoms with van der Waals surface area (Å²) in [6.45, 7) is 0. The molecule has 3 aromatic rings. The van der Waals surface area contributed by atoms with E-state index in [-0.39, 0.29) is 18.0 Å². The van der Waals surface area contributed by atoms with Gasteiger partial charge in [-0.15, -0.1) is 0 Å². The molecule has 0 atom stereocenters. The van der Waals surface area contributed by atoms with Crippen LogP contribution in [0.25, 0.3) is 0 Å². The second-order valence-corrected chi connectivity index (χ2v) is 6.14. The summed E-state index contributed by atoms with van der Waals surface area (Å²) in [6, 6.07) is 26.5. The fourth-order valence-corrected chi connectivity index (χ4v) is 4.07. The first-order valence-corrected chi connectivity index (χ1v) is 7.91. The molecule has 2 nitrogen and oxygen atoms in total. The highest BCUT2D eigenvalue weighted by Crippen LogP contribution is 2.56. The summed E-state index contributed by atoms with van der Waals surface area (Å²) in [6.07, 6.45) is 0. The van der Waals surface area contributed by atoms with E-state index in [0.717, 1.165) is 5.56 Å². The van der Waals surface area contributed by atoms with Crippen molar-refractivity contribution in [3.8, 4) is 0 Å². The van der Waals surface area contributed by atoms with Crippen LogP contribution < -0.4 is 0 Å². The SMILES string of the molecule is O=C(c1ccccc1)N1C2c3ccccc3C1c1ccccc12. The Morgan fingerprint density at radius 3 is 1.43 bits per heavy atom. The van der Waals surface area contributed by atoms with Crippen molar-refractivity contribution in [1.82, 2.24) is 4.90 Å². The number of carbonyl (C=O) groups excluding carboxylic acids is 1.